The molecule has 19 heavy (non-hydrogen) atoms. The third-order valence-corrected chi connectivity index (χ3v) is 4.09. The van der Waals surface area contributed by atoms with E-state index in [0.29, 0.717) is 12.0 Å². The summed E-state index contributed by atoms with van der Waals surface area (Å²) >= 11 is 0. The van der Waals surface area contributed by atoms with Crippen LogP contribution in [0.4, 0.5) is 0 Å². The molecule has 1 N–H and O–H groups in total. The lowest BCUT2D eigenvalue weighted by atomic mass is 9.82. The van der Waals surface area contributed by atoms with E-state index >= 15 is 0 Å². The summed E-state index contributed by atoms with van der Waals surface area (Å²) in [6.07, 6.45) is 3.79. The fourth-order valence-corrected chi connectivity index (χ4v) is 3.14. The highest BCUT2D eigenvalue weighted by molar-refractivity contribution is 5.22. The minimum absolute atomic E-state index is 0.509. The topological polar surface area (TPSA) is 12.0 Å². The molecule has 2 aromatic carbocycles. The van der Waals surface area contributed by atoms with Gasteiger partial charge in [0.2, 0.25) is 0 Å². The maximum Gasteiger partial charge on any atom is 0.0351 e. The van der Waals surface area contributed by atoms with Crippen molar-refractivity contribution in [1.82, 2.24) is 5.32 Å². The number of benzene rings is 2. The van der Waals surface area contributed by atoms with Crippen LogP contribution >= 0.6 is 0 Å². The molecule has 98 valence electrons. The fourth-order valence-electron chi connectivity index (χ4n) is 3.14. The summed E-state index contributed by atoms with van der Waals surface area (Å²) < 4.78 is 0. The predicted octanol–water partition coefficient (Wildman–Crippen LogP) is 3.97. The van der Waals surface area contributed by atoms with Crippen molar-refractivity contribution in [3.8, 4) is 0 Å². The molecule has 1 fully saturated rings. The van der Waals surface area contributed by atoms with Gasteiger partial charge in [-0.1, -0.05) is 60.7 Å². The molecule has 2 aromatic rings. The number of rotatable bonds is 3. The molecule has 1 heteroatoms. The van der Waals surface area contributed by atoms with E-state index in [4.69, 9.17) is 0 Å². The number of piperidine rings is 1. The highest BCUT2D eigenvalue weighted by atomic mass is 14.9. The molecule has 1 nitrogen and oxygen atoms in total. The summed E-state index contributed by atoms with van der Waals surface area (Å²) in [6.45, 7) is 1.14. The van der Waals surface area contributed by atoms with Gasteiger partial charge >= 0.3 is 0 Å². The van der Waals surface area contributed by atoms with Crippen LogP contribution in [0.5, 0.6) is 0 Å². The first kappa shape index (κ1) is 12.4. The summed E-state index contributed by atoms with van der Waals surface area (Å²) in [5.74, 6) is 0.707. The maximum absolute atomic E-state index is 3.71. The summed E-state index contributed by atoms with van der Waals surface area (Å²) in [4.78, 5) is 0. The predicted molar refractivity (Wildman–Crippen MR) is 80.1 cm³/mol. The molecule has 2 atom stereocenters. The molecular formula is C18H21N. The Bertz CT molecular complexity index is 492. The Labute approximate surface area is 115 Å². The lowest BCUT2D eigenvalue weighted by molar-refractivity contribution is 0.282. The first-order valence-electron chi connectivity index (χ1n) is 7.26. The second-order valence-corrected chi connectivity index (χ2v) is 5.43. The smallest absolute Gasteiger partial charge is 0.0351 e. The minimum atomic E-state index is 0.509. The average Bonchev–Trinajstić information content (AvgIpc) is 2.50. The SMILES string of the molecule is c1ccc(C[C@H]2CCCN[C@@H]2c2ccccc2)cc1. The molecule has 3 rings (SSSR count). The third-order valence-electron chi connectivity index (χ3n) is 4.09. The lowest BCUT2D eigenvalue weighted by Crippen LogP contribution is -2.35. The zero-order chi connectivity index (χ0) is 12.9. The van der Waals surface area contributed by atoms with Crippen molar-refractivity contribution < 1.29 is 0 Å². The first-order chi connectivity index (χ1) is 9.43. The second-order valence-electron chi connectivity index (χ2n) is 5.43. The summed E-state index contributed by atoms with van der Waals surface area (Å²) in [6, 6.07) is 22.3. The van der Waals surface area contributed by atoms with Gasteiger partial charge in [0.25, 0.3) is 0 Å². The Kier molecular flexibility index (Phi) is 3.95. The fraction of sp³-hybridized carbons (Fsp3) is 0.333. The van der Waals surface area contributed by atoms with Gasteiger partial charge in [0.05, 0.1) is 0 Å². The molecule has 1 aliphatic rings. The van der Waals surface area contributed by atoms with Crippen molar-refractivity contribution in [3.05, 3.63) is 71.8 Å². The van der Waals surface area contributed by atoms with Crippen molar-refractivity contribution in [1.29, 1.82) is 0 Å². The van der Waals surface area contributed by atoms with E-state index in [0.717, 1.165) is 6.54 Å². The Morgan fingerprint density at radius 1 is 0.895 bits per heavy atom. The van der Waals surface area contributed by atoms with Crippen LogP contribution in [-0.2, 0) is 6.42 Å². The Hall–Kier alpha value is -1.60. The average molecular weight is 251 g/mol. The summed E-state index contributed by atoms with van der Waals surface area (Å²) in [7, 11) is 0. The standard InChI is InChI=1S/C18H21N/c1-3-8-15(9-4-1)14-17-12-7-13-19-18(17)16-10-5-2-6-11-16/h1-6,8-11,17-19H,7,12-14H2/t17-,18-/m1/s1. The van der Waals surface area contributed by atoms with Gasteiger partial charge in [-0.25, -0.2) is 0 Å². The van der Waals surface area contributed by atoms with E-state index in [2.05, 4.69) is 66.0 Å². The van der Waals surface area contributed by atoms with E-state index in [-0.39, 0.29) is 0 Å². The Morgan fingerprint density at radius 3 is 2.32 bits per heavy atom. The monoisotopic (exact) mass is 251 g/mol. The summed E-state index contributed by atoms with van der Waals surface area (Å²) in [5.41, 5.74) is 2.89. The molecular weight excluding hydrogens is 230 g/mol. The molecule has 0 spiro atoms. The van der Waals surface area contributed by atoms with Crippen LogP contribution in [0.15, 0.2) is 60.7 Å². The largest absolute Gasteiger partial charge is 0.310 e. The van der Waals surface area contributed by atoms with Crippen molar-refractivity contribution in [2.45, 2.75) is 25.3 Å². The van der Waals surface area contributed by atoms with Crippen LogP contribution in [-0.4, -0.2) is 6.54 Å². The first-order valence-corrected chi connectivity index (χ1v) is 7.26. The van der Waals surface area contributed by atoms with Crippen molar-refractivity contribution >= 4 is 0 Å². The minimum Gasteiger partial charge on any atom is -0.310 e. The molecule has 1 heterocycles. The van der Waals surface area contributed by atoms with Crippen LogP contribution in [0.1, 0.15) is 30.0 Å². The van der Waals surface area contributed by atoms with Gasteiger partial charge in [-0.3, -0.25) is 0 Å². The van der Waals surface area contributed by atoms with Crippen LogP contribution in [0.2, 0.25) is 0 Å². The van der Waals surface area contributed by atoms with E-state index in [1.54, 1.807) is 0 Å². The highest BCUT2D eigenvalue weighted by Crippen LogP contribution is 2.31. The van der Waals surface area contributed by atoms with E-state index in [1.807, 2.05) is 0 Å². The second kappa shape index (κ2) is 6.03. The third kappa shape index (κ3) is 3.05. The number of hydrogen-bond acceptors (Lipinski definition) is 1. The van der Waals surface area contributed by atoms with E-state index in [9.17, 15) is 0 Å². The van der Waals surface area contributed by atoms with Gasteiger partial charge in [0.15, 0.2) is 0 Å². The van der Waals surface area contributed by atoms with Gasteiger partial charge in [-0.2, -0.15) is 0 Å². The molecule has 0 radical (unpaired) electrons. The van der Waals surface area contributed by atoms with Crippen LogP contribution < -0.4 is 5.32 Å². The van der Waals surface area contributed by atoms with Crippen LogP contribution in [0.25, 0.3) is 0 Å². The zero-order valence-electron chi connectivity index (χ0n) is 11.3. The quantitative estimate of drug-likeness (QED) is 0.870. The molecule has 0 saturated carbocycles. The van der Waals surface area contributed by atoms with Crippen molar-refractivity contribution in [3.63, 3.8) is 0 Å². The Balaban J connectivity index is 1.78. The molecule has 1 aliphatic heterocycles. The van der Waals surface area contributed by atoms with Crippen LogP contribution in [0.3, 0.4) is 0 Å². The molecule has 0 aromatic heterocycles. The number of hydrogen-bond donors (Lipinski definition) is 1. The number of nitrogens with one attached hydrogen (secondary N) is 1. The van der Waals surface area contributed by atoms with Gasteiger partial charge in [-0.05, 0) is 42.9 Å². The van der Waals surface area contributed by atoms with Gasteiger partial charge in [0.1, 0.15) is 0 Å². The maximum atomic E-state index is 3.71. The normalized spacial score (nSPS) is 23.2. The summed E-state index contributed by atoms with van der Waals surface area (Å²) in [5, 5.41) is 3.71. The molecule has 0 unspecified atom stereocenters. The van der Waals surface area contributed by atoms with Crippen molar-refractivity contribution in [2.24, 2.45) is 5.92 Å². The Morgan fingerprint density at radius 2 is 1.58 bits per heavy atom. The zero-order valence-corrected chi connectivity index (χ0v) is 11.3. The van der Waals surface area contributed by atoms with E-state index in [1.165, 1.54) is 30.4 Å². The van der Waals surface area contributed by atoms with Gasteiger partial charge in [-0.15, -0.1) is 0 Å². The van der Waals surface area contributed by atoms with Gasteiger partial charge < -0.3 is 5.32 Å². The van der Waals surface area contributed by atoms with Crippen molar-refractivity contribution in [2.75, 3.05) is 6.54 Å². The highest BCUT2D eigenvalue weighted by Gasteiger charge is 2.25. The molecule has 1 saturated heterocycles. The molecule has 0 aliphatic carbocycles. The molecule has 0 amide bonds. The van der Waals surface area contributed by atoms with E-state index < -0.39 is 0 Å². The molecule has 0 bridgehead atoms. The lowest BCUT2D eigenvalue weighted by Gasteiger charge is -2.33. The van der Waals surface area contributed by atoms with Crippen LogP contribution in [0, 0.1) is 5.92 Å². The van der Waals surface area contributed by atoms with Gasteiger partial charge in [0, 0.05) is 6.04 Å².